The first-order valence-electron chi connectivity index (χ1n) is 4.27. The zero-order chi connectivity index (χ0) is 9.14. The first-order chi connectivity index (χ1) is 5.65. The summed E-state index contributed by atoms with van der Waals surface area (Å²) in [6, 6.07) is 1.82. The van der Waals surface area contributed by atoms with E-state index in [2.05, 4.69) is 18.8 Å². The quantitative estimate of drug-likeness (QED) is 0.659. The molecule has 12 heavy (non-hydrogen) atoms. The molecule has 0 amide bonds. The molecule has 0 saturated carbocycles. The molecule has 0 aliphatic rings. The molecule has 1 aromatic heterocycles. The van der Waals surface area contributed by atoms with Gasteiger partial charge < -0.3 is 0 Å². The van der Waals surface area contributed by atoms with Crippen LogP contribution in [0.4, 0.5) is 4.39 Å². The van der Waals surface area contributed by atoms with E-state index < -0.39 is 0 Å². The fraction of sp³-hybridized carbons (Fsp3) is 0.500. The van der Waals surface area contributed by atoms with Crippen LogP contribution in [-0.4, -0.2) is 4.98 Å². The Hall–Kier alpha value is -0.920. The highest BCUT2D eigenvalue weighted by atomic mass is 19.1. The zero-order valence-electron chi connectivity index (χ0n) is 7.76. The second kappa shape index (κ2) is 3.65. The smallest absolute Gasteiger partial charge is 0.144 e. The van der Waals surface area contributed by atoms with Gasteiger partial charge in [0.25, 0.3) is 0 Å². The van der Waals surface area contributed by atoms with Gasteiger partial charge in [-0.1, -0.05) is 13.8 Å². The SMILES string of the molecule is CCC(C)c1cc(C)c(F)cn1. The highest BCUT2D eigenvalue weighted by Crippen LogP contribution is 2.17. The molecule has 0 bridgehead atoms. The standard InChI is InChI=1S/C10H14FN/c1-4-7(2)10-5-8(3)9(11)6-12-10/h5-7H,4H2,1-3H3. The van der Waals surface area contributed by atoms with Crippen molar-refractivity contribution in [2.45, 2.75) is 33.1 Å². The lowest BCUT2D eigenvalue weighted by atomic mass is 10.0. The predicted molar refractivity (Wildman–Crippen MR) is 47.6 cm³/mol. The molecule has 1 unspecified atom stereocenters. The molecule has 0 N–H and O–H groups in total. The maximum Gasteiger partial charge on any atom is 0.144 e. The predicted octanol–water partition coefficient (Wildman–Crippen LogP) is 3.04. The number of halogens is 1. The molecule has 1 aromatic rings. The van der Waals surface area contributed by atoms with Crippen LogP contribution in [0.15, 0.2) is 12.3 Å². The fourth-order valence-electron chi connectivity index (χ4n) is 1.04. The van der Waals surface area contributed by atoms with Crippen molar-refractivity contribution in [3.8, 4) is 0 Å². The van der Waals surface area contributed by atoms with Gasteiger partial charge in [0.2, 0.25) is 0 Å². The highest BCUT2D eigenvalue weighted by molar-refractivity contribution is 5.18. The number of hydrogen-bond acceptors (Lipinski definition) is 1. The van der Waals surface area contributed by atoms with Crippen LogP contribution in [0.2, 0.25) is 0 Å². The summed E-state index contributed by atoms with van der Waals surface area (Å²) in [4.78, 5) is 4.03. The van der Waals surface area contributed by atoms with Crippen molar-refractivity contribution in [2.24, 2.45) is 0 Å². The van der Waals surface area contributed by atoms with Gasteiger partial charge in [0.1, 0.15) is 5.82 Å². The fourth-order valence-corrected chi connectivity index (χ4v) is 1.04. The van der Waals surface area contributed by atoms with E-state index in [0.717, 1.165) is 12.1 Å². The number of rotatable bonds is 2. The Balaban J connectivity index is 2.96. The van der Waals surface area contributed by atoms with Crippen LogP contribution in [0.5, 0.6) is 0 Å². The first-order valence-corrected chi connectivity index (χ1v) is 4.27. The number of aryl methyl sites for hydroxylation is 1. The molecule has 0 aliphatic heterocycles. The lowest BCUT2D eigenvalue weighted by molar-refractivity contribution is 0.603. The molecule has 0 spiro atoms. The molecule has 66 valence electrons. The number of aromatic nitrogens is 1. The third-order valence-corrected chi connectivity index (χ3v) is 2.19. The van der Waals surface area contributed by atoms with E-state index in [1.165, 1.54) is 6.20 Å². The summed E-state index contributed by atoms with van der Waals surface area (Å²) in [6.45, 7) is 5.97. The summed E-state index contributed by atoms with van der Waals surface area (Å²) in [6.07, 6.45) is 2.34. The molecule has 1 rings (SSSR count). The Labute approximate surface area is 72.6 Å². The van der Waals surface area contributed by atoms with Gasteiger partial charge in [-0.2, -0.15) is 0 Å². The monoisotopic (exact) mass is 167 g/mol. The second-order valence-electron chi connectivity index (χ2n) is 3.17. The molecular weight excluding hydrogens is 153 g/mol. The van der Waals surface area contributed by atoms with Gasteiger partial charge in [0.05, 0.1) is 6.20 Å². The normalized spacial score (nSPS) is 13.0. The summed E-state index contributed by atoms with van der Waals surface area (Å²) in [5, 5.41) is 0. The van der Waals surface area contributed by atoms with E-state index in [9.17, 15) is 4.39 Å². The van der Waals surface area contributed by atoms with Crippen LogP contribution in [-0.2, 0) is 0 Å². The van der Waals surface area contributed by atoms with E-state index in [1.54, 1.807) is 6.92 Å². The van der Waals surface area contributed by atoms with Gasteiger partial charge in [-0.25, -0.2) is 4.39 Å². The van der Waals surface area contributed by atoms with Crippen molar-refractivity contribution in [2.75, 3.05) is 0 Å². The number of pyridine rings is 1. The topological polar surface area (TPSA) is 12.9 Å². The average Bonchev–Trinajstić information content (AvgIpc) is 2.08. The van der Waals surface area contributed by atoms with Crippen LogP contribution >= 0.6 is 0 Å². The number of nitrogens with zero attached hydrogens (tertiary/aromatic N) is 1. The van der Waals surface area contributed by atoms with Gasteiger partial charge in [0, 0.05) is 5.69 Å². The maximum absolute atomic E-state index is 12.8. The van der Waals surface area contributed by atoms with Crippen LogP contribution in [0.1, 0.15) is 37.4 Å². The van der Waals surface area contributed by atoms with Gasteiger partial charge in [-0.3, -0.25) is 4.98 Å². The Bertz CT molecular complexity index is 271. The van der Waals surface area contributed by atoms with E-state index in [-0.39, 0.29) is 5.82 Å². The second-order valence-corrected chi connectivity index (χ2v) is 3.17. The minimum absolute atomic E-state index is 0.220. The van der Waals surface area contributed by atoms with Crippen molar-refractivity contribution >= 4 is 0 Å². The van der Waals surface area contributed by atoms with Crippen LogP contribution in [0, 0.1) is 12.7 Å². The molecule has 0 aliphatic carbocycles. The van der Waals surface area contributed by atoms with Gasteiger partial charge in [-0.05, 0) is 30.9 Å². The van der Waals surface area contributed by atoms with Crippen LogP contribution < -0.4 is 0 Å². The molecule has 1 heterocycles. The lowest BCUT2D eigenvalue weighted by Crippen LogP contribution is -1.97. The minimum atomic E-state index is -0.220. The summed E-state index contributed by atoms with van der Waals surface area (Å²) >= 11 is 0. The third kappa shape index (κ3) is 1.81. The van der Waals surface area contributed by atoms with Gasteiger partial charge in [0.15, 0.2) is 0 Å². The Morgan fingerprint density at radius 3 is 2.75 bits per heavy atom. The molecule has 0 aromatic carbocycles. The summed E-state index contributed by atoms with van der Waals surface area (Å²) in [5.41, 5.74) is 1.66. The maximum atomic E-state index is 12.8. The minimum Gasteiger partial charge on any atom is -0.258 e. The highest BCUT2D eigenvalue weighted by Gasteiger charge is 2.06. The molecule has 0 saturated heterocycles. The lowest BCUT2D eigenvalue weighted by Gasteiger charge is -2.08. The van der Waals surface area contributed by atoms with Crippen molar-refractivity contribution in [3.63, 3.8) is 0 Å². The van der Waals surface area contributed by atoms with Crippen molar-refractivity contribution < 1.29 is 4.39 Å². The van der Waals surface area contributed by atoms with Crippen LogP contribution in [0.25, 0.3) is 0 Å². The van der Waals surface area contributed by atoms with E-state index >= 15 is 0 Å². The number of hydrogen-bond donors (Lipinski definition) is 0. The van der Waals surface area contributed by atoms with Crippen molar-refractivity contribution in [1.29, 1.82) is 0 Å². The Morgan fingerprint density at radius 1 is 1.58 bits per heavy atom. The third-order valence-electron chi connectivity index (χ3n) is 2.19. The van der Waals surface area contributed by atoms with Gasteiger partial charge >= 0.3 is 0 Å². The van der Waals surface area contributed by atoms with Crippen molar-refractivity contribution in [1.82, 2.24) is 4.98 Å². The largest absolute Gasteiger partial charge is 0.258 e. The molecule has 1 atom stereocenters. The summed E-state index contributed by atoms with van der Waals surface area (Å²) < 4.78 is 12.8. The van der Waals surface area contributed by atoms with E-state index in [1.807, 2.05) is 6.07 Å². The molecule has 0 radical (unpaired) electrons. The van der Waals surface area contributed by atoms with Gasteiger partial charge in [-0.15, -0.1) is 0 Å². The molecule has 2 heteroatoms. The summed E-state index contributed by atoms with van der Waals surface area (Å²) in [7, 11) is 0. The molecule has 1 nitrogen and oxygen atoms in total. The van der Waals surface area contributed by atoms with E-state index in [4.69, 9.17) is 0 Å². The van der Waals surface area contributed by atoms with Crippen molar-refractivity contribution in [3.05, 3.63) is 29.3 Å². The van der Waals surface area contributed by atoms with E-state index in [0.29, 0.717) is 11.5 Å². The average molecular weight is 167 g/mol. The Kier molecular flexibility index (Phi) is 2.79. The summed E-state index contributed by atoms with van der Waals surface area (Å²) in [5.74, 6) is 0.200. The Morgan fingerprint density at radius 2 is 2.25 bits per heavy atom. The molecule has 0 fully saturated rings. The molecular formula is C10H14FN. The zero-order valence-corrected chi connectivity index (χ0v) is 7.76. The first kappa shape index (κ1) is 9.17. The van der Waals surface area contributed by atoms with Crippen LogP contribution in [0.3, 0.4) is 0 Å².